The molecule has 1 aliphatic rings. The molecule has 0 aromatic carbocycles. The molecule has 0 saturated heterocycles. The lowest BCUT2D eigenvalue weighted by Crippen LogP contribution is -2.40. The van der Waals surface area contributed by atoms with Gasteiger partial charge in [-0.2, -0.15) is 0 Å². The Morgan fingerprint density at radius 3 is 2.76 bits per heavy atom. The molecule has 0 N–H and O–H groups in total. The molecule has 0 radical (unpaired) electrons. The fourth-order valence-electron chi connectivity index (χ4n) is 2.79. The Balaban J connectivity index is 2.21. The van der Waals surface area contributed by atoms with Crippen molar-refractivity contribution in [2.45, 2.75) is 52.0 Å². The molecule has 1 aromatic heterocycles. The van der Waals surface area contributed by atoms with Crippen LogP contribution in [0.25, 0.3) is 0 Å². The van der Waals surface area contributed by atoms with Gasteiger partial charge in [-0.05, 0) is 47.2 Å². The molecule has 2 rings (SSSR count). The summed E-state index contributed by atoms with van der Waals surface area (Å²) in [6.07, 6.45) is 7.25. The van der Waals surface area contributed by atoms with Crippen LogP contribution in [0.3, 0.4) is 0 Å². The maximum Gasteiger partial charge on any atom is 0.257 e. The van der Waals surface area contributed by atoms with E-state index in [1.54, 1.807) is 12.3 Å². The lowest BCUT2D eigenvalue weighted by molar-refractivity contribution is 0.0671. The minimum absolute atomic E-state index is 0.0151. The number of carbonyl (C=O) groups is 1. The van der Waals surface area contributed by atoms with Crippen LogP contribution in [-0.4, -0.2) is 28.4 Å². The van der Waals surface area contributed by atoms with Gasteiger partial charge < -0.3 is 4.90 Å². The second kappa shape index (κ2) is 7.59. The first-order valence-electron chi connectivity index (χ1n) is 7.61. The number of amides is 1. The normalized spacial score (nSPS) is 15.7. The largest absolute Gasteiger partial charge is 0.336 e. The third kappa shape index (κ3) is 4.43. The fraction of sp³-hybridized carbons (Fsp3) is 0.625. The molecule has 1 aromatic rings. The lowest BCUT2D eigenvalue weighted by Gasteiger charge is -2.30. The van der Waals surface area contributed by atoms with Crippen molar-refractivity contribution < 1.29 is 4.79 Å². The van der Waals surface area contributed by atoms with E-state index in [1.807, 2.05) is 4.90 Å². The molecule has 1 heterocycles. The zero-order valence-electron chi connectivity index (χ0n) is 12.6. The highest BCUT2D eigenvalue weighted by molar-refractivity contribution is 9.10. The highest BCUT2D eigenvalue weighted by atomic mass is 79.9. The van der Waals surface area contributed by atoms with Crippen LogP contribution in [0.15, 0.2) is 16.7 Å². The van der Waals surface area contributed by atoms with Gasteiger partial charge in [0.1, 0.15) is 5.15 Å². The highest BCUT2D eigenvalue weighted by Gasteiger charge is 2.28. The van der Waals surface area contributed by atoms with Crippen molar-refractivity contribution in [3.63, 3.8) is 0 Å². The average molecular weight is 374 g/mol. The van der Waals surface area contributed by atoms with Gasteiger partial charge in [0.2, 0.25) is 0 Å². The molecular formula is C16H22BrClN2O. The zero-order chi connectivity index (χ0) is 15.4. The van der Waals surface area contributed by atoms with Gasteiger partial charge in [-0.3, -0.25) is 4.79 Å². The summed E-state index contributed by atoms with van der Waals surface area (Å²) in [7, 11) is 0. The molecule has 0 aliphatic heterocycles. The Morgan fingerprint density at radius 2 is 2.14 bits per heavy atom. The summed E-state index contributed by atoms with van der Waals surface area (Å²) in [5.41, 5.74) is 0.502. The molecule has 21 heavy (non-hydrogen) atoms. The minimum Gasteiger partial charge on any atom is -0.336 e. The number of carbonyl (C=O) groups excluding carboxylic acids is 1. The number of aromatic nitrogens is 1. The Morgan fingerprint density at radius 1 is 1.48 bits per heavy atom. The Labute approximate surface area is 140 Å². The number of halogens is 2. The highest BCUT2D eigenvalue weighted by Crippen LogP contribution is 2.27. The molecule has 1 fully saturated rings. The first kappa shape index (κ1) is 16.8. The van der Waals surface area contributed by atoms with E-state index in [2.05, 4.69) is 34.8 Å². The first-order valence-corrected chi connectivity index (χ1v) is 8.78. The van der Waals surface area contributed by atoms with Gasteiger partial charge in [0, 0.05) is 23.3 Å². The van der Waals surface area contributed by atoms with Gasteiger partial charge in [-0.25, -0.2) is 4.98 Å². The van der Waals surface area contributed by atoms with Gasteiger partial charge >= 0.3 is 0 Å². The minimum atomic E-state index is 0.0151. The van der Waals surface area contributed by atoms with Crippen LogP contribution >= 0.6 is 27.5 Å². The second-order valence-electron chi connectivity index (χ2n) is 6.11. The van der Waals surface area contributed by atoms with E-state index in [4.69, 9.17) is 11.6 Å². The number of pyridine rings is 1. The summed E-state index contributed by atoms with van der Waals surface area (Å²) in [4.78, 5) is 19.0. The van der Waals surface area contributed by atoms with Crippen molar-refractivity contribution in [3.8, 4) is 0 Å². The maximum atomic E-state index is 12.9. The smallest absolute Gasteiger partial charge is 0.257 e. The summed E-state index contributed by atoms with van der Waals surface area (Å²) < 4.78 is 0.783. The molecule has 1 saturated carbocycles. The molecule has 1 aliphatic carbocycles. The van der Waals surface area contributed by atoms with Crippen molar-refractivity contribution in [2.75, 3.05) is 6.54 Å². The number of rotatable bonds is 5. The molecule has 116 valence electrons. The maximum absolute atomic E-state index is 12.9. The van der Waals surface area contributed by atoms with E-state index in [0.29, 0.717) is 17.5 Å². The van der Waals surface area contributed by atoms with E-state index >= 15 is 0 Å². The van der Waals surface area contributed by atoms with E-state index in [-0.39, 0.29) is 11.1 Å². The SMILES string of the molecule is CC(C)CCN(C(=O)c1cc(Br)cnc1Cl)C1CCCC1. The third-order valence-corrected chi connectivity index (χ3v) is 4.74. The van der Waals surface area contributed by atoms with Gasteiger partial charge in [0.15, 0.2) is 0 Å². The Hall–Kier alpha value is -0.610. The van der Waals surface area contributed by atoms with Crippen LogP contribution in [0.1, 0.15) is 56.3 Å². The lowest BCUT2D eigenvalue weighted by atomic mass is 10.1. The van der Waals surface area contributed by atoms with Crippen LogP contribution in [0.4, 0.5) is 0 Å². The van der Waals surface area contributed by atoms with E-state index in [1.165, 1.54) is 12.8 Å². The monoisotopic (exact) mass is 372 g/mol. The van der Waals surface area contributed by atoms with Crippen LogP contribution < -0.4 is 0 Å². The Kier molecular flexibility index (Phi) is 6.06. The van der Waals surface area contributed by atoms with Gasteiger partial charge in [-0.15, -0.1) is 0 Å². The number of hydrogen-bond acceptors (Lipinski definition) is 2. The van der Waals surface area contributed by atoms with E-state index in [0.717, 1.165) is 30.3 Å². The van der Waals surface area contributed by atoms with Gasteiger partial charge in [-0.1, -0.05) is 38.3 Å². The number of hydrogen-bond donors (Lipinski definition) is 0. The van der Waals surface area contributed by atoms with Gasteiger partial charge in [0.25, 0.3) is 5.91 Å². The Bertz CT molecular complexity index is 501. The van der Waals surface area contributed by atoms with Crippen LogP contribution in [0.5, 0.6) is 0 Å². The van der Waals surface area contributed by atoms with Crippen LogP contribution in [-0.2, 0) is 0 Å². The number of nitrogens with zero attached hydrogens (tertiary/aromatic N) is 2. The van der Waals surface area contributed by atoms with E-state index < -0.39 is 0 Å². The van der Waals surface area contributed by atoms with Crippen molar-refractivity contribution >= 4 is 33.4 Å². The topological polar surface area (TPSA) is 33.2 Å². The molecule has 0 spiro atoms. The molecule has 3 nitrogen and oxygen atoms in total. The average Bonchev–Trinajstić information content (AvgIpc) is 2.95. The summed E-state index contributed by atoms with van der Waals surface area (Å²) >= 11 is 9.49. The molecule has 0 bridgehead atoms. The molecular weight excluding hydrogens is 352 g/mol. The van der Waals surface area contributed by atoms with Crippen molar-refractivity contribution in [3.05, 3.63) is 27.5 Å². The van der Waals surface area contributed by atoms with Crippen molar-refractivity contribution in [2.24, 2.45) is 5.92 Å². The van der Waals surface area contributed by atoms with Crippen LogP contribution in [0.2, 0.25) is 5.15 Å². The predicted molar refractivity (Wildman–Crippen MR) is 89.7 cm³/mol. The van der Waals surface area contributed by atoms with Crippen molar-refractivity contribution in [1.29, 1.82) is 0 Å². The van der Waals surface area contributed by atoms with E-state index in [9.17, 15) is 4.79 Å². The summed E-state index contributed by atoms with van der Waals surface area (Å²) in [6.45, 7) is 5.17. The molecule has 0 atom stereocenters. The fourth-order valence-corrected chi connectivity index (χ4v) is 3.31. The summed E-state index contributed by atoms with van der Waals surface area (Å²) in [6, 6.07) is 2.13. The standard InChI is InChI=1S/C16H22BrClN2O/c1-11(2)7-8-20(13-5-3-4-6-13)16(21)14-9-12(17)10-19-15(14)18/h9-11,13H,3-8H2,1-2H3. The first-order chi connectivity index (χ1) is 9.99. The third-order valence-electron chi connectivity index (χ3n) is 4.01. The zero-order valence-corrected chi connectivity index (χ0v) is 15.0. The summed E-state index contributed by atoms with van der Waals surface area (Å²) in [5.74, 6) is 0.596. The quantitative estimate of drug-likeness (QED) is 0.686. The molecule has 0 unspecified atom stereocenters. The van der Waals surface area contributed by atoms with Crippen molar-refractivity contribution in [1.82, 2.24) is 9.88 Å². The van der Waals surface area contributed by atoms with Gasteiger partial charge in [0.05, 0.1) is 5.56 Å². The second-order valence-corrected chi connectivity index (χ2v) is 7.38. The molecule has 5 heteroatoms. The predicted octanol–water partition coefficient (Wildman–Crippen LogP) is 4.93. The molecule has 1 amide bonds. The summed E-state index contributed by atoms with van der Waals surface area (Å²) in [5, 5.41) is 0.288. The van der Waals surface area contributed by atoms with Crippen LogP contribution in [0, 0.1) is 5.92 Å².